The summed E-state index contributed by atoms with van der Waals surface area (Å²) >= 11 is 0. The highest BCUT2D eigenvalue weighted by Crippen LogP contribution is 2.65. The van der Waals surface area contributed by atoms with Crippen LogP contribution in [0.3, 0.4) is 0 Å². The number of benzene rings is 2. The summed E-state index contributed by atoms with van der Waals surface area (Å²) in [5.41, 5.74) is 0.317. The summed E-state index contributed by atoms with van der Waals surface area (Å²) in [6.07, 6.45) is 2.21. The Labute approximate surface area is 224 Å². The number of fused-ring (bicyclic) bond motifs is 4. The molecule has 4 aliphatic rings. The third-order valence-electron chi connectivity index (χ3n) is 9.08. The van der Waals surface area contributed by atoms with E-state index in [1.54, 1.807) is 37.3 Å². The zero-order valence-corrected chi connectivity index (χ0v) is 21.7. The molecule has 2 saturated heterocycles. The molecular formula is C29H28N2O8. The summed E-state index contributed by atoms with van der Waals surface area (Å²) in [4.78, 5) is 55.4. The Kier molecular flexibility index (Phi) is 5.58. The monoisotopic (exact) mass is 532 g/mol. The summed E-state index contributed by atoms with van der Waals surface area (Å²) in [7, 11) is 2.87. The summed E-state index contributed by atoms with van der Waals surface area (Å²) in [5.74, 6) is -5.56. The van der Waals surface area contributed by atoms with E-state index in [9.17, 15) is 29.5 Å². The quantitative estimate of drug-likeness (QED) is 0.349. The number of ether oxygens (including phenoxy) is 2. The Morgan fingerprint density at radius 1 is 0.923 bits per heavy atom. The van der Waals surface area contributed by atoms with E-state index in [1.165, 1.54) is 31.3 Å². The van der Waals surface area contributed by atoms with Gasteiger partial charge in [0.05, 0.1) is 43.1 Å². The molecule has 2 aromatic carbocycles. The van der Waals surface area contributed by atoms with Crippen molar-refractivity contribution in [3.05, 3.63) is 59.7 Å². The van der Waals surface area contributed by atoms with Gasteiger partial charge in [-0.25, -0.2) is 4.90 Å². The molecule has 6 atom stereocenters. The van der Waals surface area contributed by atoms with Crippen LogP contribution in [0.2, 0.25) is 0 Å². The number of hydroxylamine groups is 2. The van der Waals surface area contributed by atoms with Crippen LogP contribution in [0.1, 0.15) is 31.2 Å². The standard InChI is InChI=1S/C29H28N2O8/c1-29-19(26(34)30(28(29)36)14-7-5-4-6-8-14)13-18-16(9-10-17-22(18)27(35)31(37)25(17)33)24(29)23-20(38-2)11-15(32)12-21(23)39-3/h4-9,11-12,17-19,22,24,32,37H,10,13H2,1-3H3. The van der Waals surface area contributed by atoms with Gasteiger partial charge < -0.3 is 14.6 Å². The number of carbonyl (C=O) groups is 4. The number of carbonyl (C=O) groups excluding carboxylic acids is 4. The number of rotatable bonds is 4. The van der Waals surface area contributed by atoms with Gasteiger partial charge in [-0.15, -0.1) is 0 Å². The van der Waals surface area contributed by atoms with E-state index >= 15 is 0 Å². The number of amides is 4. The Hall–Kier alpha value is -4.18. The van der Waals surface area contributed by atoms with Gasteiger partial charge in [-0.3, -0.25) is 24.4 Å². The molecule has 1 saturated carbocycles. The molecule has 0 spiro atoms. The predicted molar refractivity (Wildman–Crippen MR) is 136 cm³/mol. The van der Waals surface area contributed by atoms with Gasteiger partial charge in [0.25, 0.3) is 11.8 Å². The molecule has 10 heteroatoms. The molecule has 3 fully saturated rings. The molecule has 4 amide bonds. The largest absolute Gasteiger partial charge is 0.508 e. The fraction of sp³-hybridized carbons (Fsp3) is 0.379. The first-order chi connectivity index (χ1) is 18.6. The maximum atomic E-state index is 14.4. The lowest BCUT2D eigenvalue weighted by Crippen LogP contribution is -2.49. The zero-order valence-electron chi connectivity index (χ0n) is 21.7. The van der Waals surface area contributed by atoms with E-state index in [0.717, 1.165) is 0 Å². The maximum Gasteiger partial charge on any atom is 0.257 e. The highest BCUT2D eigenvalue weighted by atomic mass is 16.5. The van der Waals surface area contributed by atoms with Crippen LogP contribution in [0.15, 0.2) is 54.1 Å². The lowest BCUT2D eigenvalue weighted by atomic mass is 9.51. The van der Waals surface area contributed by atoms with Crippen molar-refractivity contribution in [1.82, 2.24) is 5.06 Å². The molecule has 2 aromatic rings. The second-order valence-corrected chi connectivity index (χ2v) is 10.7. The minimum Gasteiger partial charge on any atom is -0.508 e. The van der Waals surface area contributed by atoms with Crippen LogP contribution in [0.4, 0.5) is 5.69 Å². The van der Waals surface area contributed by atoms with E-state index in [1.807, 2.05) is 6.08 Å². The number of methoxy groups -OCH3 is 2. The van der Waals surface area contributed by atoms with Crippen LogP contribution in [0.25, 0.3) is 0 Å². The summed E-state index contributed by atoms with van der Waals surface area (Å²) < 4.78 is 11.3. The molecule has 2 N–H and O–H groups in total. The third kappa shape index (κ3) is 3.24. The normalized spacial score (nSPS) is 31.6. The first-order valence-electron chi connectivity index (χ1n) is 12.8. The fourth-order valence-electron chi connectivity index (χ4n) is 7.34. The molecule has 2 aliphatic carbocycles. The van der Waals surface area contributed by atoms with Gasteiger partial charge in [-0.05, 0) is 37.8 Å². The molecule has 202 valence electrons. The van der Waals surface area contributed by atoms with Gasteiger partial charge in [-0.2, -0.15) is 5.06 Å². The molecule has 0 aromatic heterocycles. The minimum atomic E-state index is -1.30. The van der Waals surface area contributed by atoms with Crippen molar-refractivity contribution in [1.29, 1.82) is 0 Å². The number of phenolic OH excluding ortho intramolecular Hbond substituents is 1. The lowest BCUT2D eigenvalue weighted by Gasteiger charge is -2.49. The van der Waals surface area contributed by atoms with Gasteiger partial charge in [-0.1, -0.05) is 29.8 Å². The van der Waals surface area contributed by atoms with Crippen molar-refractivity contribution in [2.75, 3.05) is 19.1 Å². The van der Waals surface area contributed by atoms with E-state index in [2.05, 4.69) is 0 Å². The van der Waals surface area contributed by atoms with Gasteiger partial charge in [0.15, 0.2) is 0 Å². The minimum absolute atomic E-state index is 0.105. The van der Waals surface area contributed by atoms with Crippen LogP contribution < -0.4 is 14.4 Å². The van der Waals surface area contributed by atoms with E-state index in [4.69, 9.17) is 9.47 Å². The van der Waals surface area contributed by atoms with Crippen LogP contribution in [0.5, 0.6) is 17.2 Å². The fourth-order valence-corrected chi connectivity index (χ4v) is 7.34. The summed E-state index contributed by atoms with van der Waals surface area (Å²) in [6.45, 7) is 1.75. The van der Waals surface area contributed by atoms with E-state index < -0.39 is 58.6 Å². The van der Waals surface area contributed by atoms with Crippen LogP contribution in [-0.2, 0) is 19.2 Å². The topological polar surface area (TPSA) is 134 Å². The Balaban J connectivity index is 1.61. The molecule has 6 unspecified atom stereocenters. The Bertz CT molecular complexity index is 1430. The Morgan fingerprint density at radius 3 is 2.18 bits per heavy atom. The van der Waals surface area contributed by atoms with Crippen LogP contribution >= 0.6 is 0 Å². The number of nitrogens with zero attached hydrogens (tertiary/aromatic N) is 2. The van der Waals surface area contributed by atoms with Gasteiger partial charge in [0.1, 0.15) is 17.2 Å². The number of allylic oxidation sites excluding steroid dienone is 2. The first-order valence-corrected chi connectivity index (χ1v) is 12.8. The number of para-hydroxylation sites is 1. The van der Waals surface area contributed by atoms with Gasteiger partial charge in [0.2, 0.25) is 11.8 Å². The predicted octanol–water partition coefficient (Wildman–Crippen LogP) is 3.03. The molecule has 0 bridgehead atoms. The smallest absolute Gasteiger partial charge is 0.257 e. The number of phenols is 1. The van der Waals surface area contributed by atoms with Crippen molar-refractivity contribution >= 4 is 29.3 Å². The maximum absolute atomic E-state index is 14.4. The molecular weight excluding hydrogens is 504 g/mol. The lowest BCUT2D eigenvalue weighted by molar-refractivity contribution is -0.173. The van der Waals surface area contributed by atoms with Crippen molar-refractivity contribution in [2.24, 2.45) is 29.1 Å². The van der Waals surface area contributed by atoms with Crippen molar-refractivity contribution in [3.63, 3.8) is 0 Å². The second kappa shape index (κ2) is 8.67. The van der Waals surface area contributed by atoms with Gasteiger partial charge >= 0.3 is 0 Å². The second-order valence-electron chi connectivity index (χ2n) is 10.7. The molecule has 10 nitrogen and oxygen atoms in total. The van der Waals surface area contributed by atoms with Crippen LogP contribution in [-0.4, -0.2) is 53.2 Å². The summed E-state index contributed by atoms with van der Waals surface area (Å²) in [6, 6.07) is 11.5. The Morgan fingerprint density at radius 2 is 1.56 bits per heavy atom. The number of aromatic hydroxyl groups is 1. The zero-order chi connectivity index (χ0) is 27.8. The van der Waals surface area contributed by atoms with Gasteiger partial charge in [0, 0.05) is 23.6 Å². The van der Waals surface area contributed by atoms with Crippen molar-refractivity contribution in [3.8, 4) is 17.2 Å². The molecule has 39 heavy (non-hydrogen) atoms. The number of imide groups is 2. The number of hydrogen-bond donors (Lipinski definition) is 2. The average molecular weight is 533 g/mol. The van der Waals surface area contributed by atoms with Crippen molar-refractivity contribution in [2.45, 2.75) is 25.7 Å². The van der Waals surface area contributed by atoms with Crippen LogP contribution in [0, 0.1) is 29.1 Å². The average Bonchev–Trinajstić information content (AvgIpc) is 3.28. The SMILES string of the molecule is COc1cc(O)cc(OC)c1C1C2=CCC3C(=O)N(O)C(=O)C3C2CC2C(=O)N(c3ccccc3)C(=O)C21C. The first kappa shape index (κ1) is 25.1. The highest BCUT2D eigenvalue weighted by molar-refractivity contribution is 6.24. The third-order valence-corrected chi connectivity index (χ3v) is 9.08. The molecule has 6 rings (SSSR count). The number of hydrogen-bond acceptors (Lipinski definition) is 8. The highest BCUT2D eigenvalue weighted by Gasteiger charge is 2.68. The van der Waals surface area contributed by atoms with E-state index in [-0.39, 0.29) is 35.2 Å². The molecule has 2 aliphatic heterocycles. The number of anilines is 1. The molecule has 0 radical (unpaired) electrons. The van der Waals surface area contributed by atoms with Crippen molar-refractivity contribution < 1.29 is 39.0 Å². The molecule has 2 heterocycles. The summed E-state index contributed by atoms with van der Waals surface area (Å²) in [5, 5.41) is 20.7. The van der Waals surface area contributed by atoms with E-state index in [0.29, 0.717) is 16.8 Å².